The first kappa shape index (κ1) is 10.5. The van der Waals surface area contributed by atoms with Crippen molar-refractivity contribution in [3.63, 3.8) is 0 Å². The number of nitrogens with zero attached hydrogens (tertiary/aromatic N) is 1. The van der Waals surface area contributed by atoms with Crippen molar-refractivity contribution in [1.29, 1.82) is 0 Å². The molecule has 0 aromatic rings. The summed E-state index contributed by atoms with van der Waals surface area (Å²) in [6.07, 6.45) is 0. The second-order valence-electron chi connectivity index (χ2n) is 2.39. The van der Waals surface area contributed by atoms with Crippen molar-refractivity contribution in [3.05, 3.63) is 0 Å². The van der Waals surface area contributed by atoms with Gasteiger partial charge in [-0.1, -0.05) is 0 Å². The number of nitrogens with two attached hydrogens (primary N) is 1. The Hall–Kier alpha value is -0.480. The van der Waals surface area contributed by atoms with E-state index in [9.17, 15) is 0 Å². The Bertz CT molecular complexity index is 130. The zero-order valence-electron chi connectivity index (χ0n) is 6.64. The van der Waals surface area contributed by atoms with Crippen molar-refractivity contribution in [2.24, 2.45) is 5.73 Å². The summed E-state index contributed by atoms with van der Waals surface area (Å²) in [6, 6.07) is 0. The molecular formula is C6H14ClN3O. The number of hydrogen-bond donors (Lipinski definition) is 2. The number of amidine groups is 1. The van der Waals surface area contributed by atoms with Gasteiger partial charge in [-0.3, -0.25) is 5.73 Å². The van der Waals surface area contributed by atoms with Gasteiger partial charge in [0, 0.05) is 6.92 Å². The molecule has 0 bridgehead atoms. The third-order valence-corrected chi connectivity index (χ3v) is 1.35. The van der Waals surface area contributed by atoms with Crippen LogP contribution in [0.3, 0.4) is 0 Å². The van der Waals surface area contributed by atoms with E-state index in [0.717, 1.165) is 32.1 Å². The van der Waals surface area contributed by atoms with Gasteiger partial charge in [0.1, 0.15) is 0 Å². The minimum atomic E-state index is 0. The summed E-state index contributed by atoms with van der Waals surface area (Å²) in [5, 5.41) is 5.08. The van der Waals surface area contributed by atoms with E-state index in [1.54, 1.807) is 0 Å². The quantitative estimate of drug-likeness (QED) is 0.313. The molecule has 0 atom stereocenters. The number of morpholine rings is 1. The standard InChI is InChI=1S/C6H13N3O.ClH/c1-6(7)8-9-2-4-10-5-3-9;/h2-5H2,1H3,(H2,7,8);1H. The van der Waals surface area contributed by atoms with E-state index in [1.807, 2.05) is 6.92 Å². The zero-order chi connectivity index (χ0) is 7.40. The van der Waals surface area contributed by atoms with Gasteiger partial charge in [0.2, 0.25) is 0 Å². The molecule has 1 aliphatic rings. The lowest BCUT2D eigenvalue weighted by atomic mass is 10.5. The molecular weight excluding hydrogens is 166 g/mol. The third-order valence-electron chi connectivity index (χ3n) is 1.35. The SMILES string of the molecule is CC(N)=[NH+]N1CCOCC1.[Cl-]. The predicted octanol–water partition coefficient (Wildman–Crippen LogP) is -5.30. The van der Waals surface area contributed by atoms with Crippen molar-refractivity contribution < 1.29 is 22.2 Å². The van der Waals surface area contributed by atoms with Gasteiger partial charge in [-0.05, 0) is 0 Å². The molecule has 0 saturated carbocycles. The second-order valence-corrected chi connectivity index (χ2v) is 2.39. The smallest absolute Gasteiger partial charge is 0.260 e. The van der Waals surface area contributed by atoms with Crippen molar-refractivity contribution >= 4 is 5.84 Å². The van der Waals surface area contributed by atoms with Crippen LogP contribution in [0.5, 0.6) is 0 Å². The van der Waals surface area contributed by atoms with Crippen molar-refractivity contribution in [2.75, 3.05) is 26.3 Å². The first-order valence-electron chi connectivity index (χ1n) is 3.47. The lowest BCUT2D eigenvalue weighted by molar-refractivity contribution is -0.650. The molecule has 11 heavy (non-hydrogen) atoms. The van der Waals surface area contributed by atoms with Crippen LogP contribution in [0, 0.1) is 0 Å². The highest BCUT2D eigenvalue weighted by Crippen LogP contribution is 1.86. The van der Waals surface area contributed by atoms with Crippen molar-refractivity contribution in [2.45, 2.75) is 6.92 Å². The molecule has 66 valence electrons. The lowest BCUT2D eigenvalue weighted by Crippen LogP contribution is -3.00. The molecule has 1 saturated heterocycles. The molecule has 1 rings (SSSR count). The third kappa shape index (κ3) is 4.06. The molecule has 1 fully saturated rings. The molecule has 0 aliphatic carbocycles. The van der Waals surface area contributed by atoms with Gasteiger partial charge in [-0.15, -0.1) is 0 Å². The summed E-state index contributed by atoms with van der Waals surface area (Å²) in [5.41, 5.74) is 5.45. The van der Waals surface area contributed by atoms with E-state index in [-0.39, 0.29) is 12.4 Å². The average molecular weight is 180 g/mol. The zero-order valence-corrected chi connectivity index (χ0v) is 7.40. The van der Waals surface area contributed by atoms with Crippen LogP contribution in [0.1, 0.15) is 6.92 Å². The Morgan fingerprint density at radius 1 is 1.45 bits per heavy atom. The predicted molar refractivity (Wildman–Crippen MR) is 38.2 cm³/mol. The average Bonchev–Trinajstić information content (AvgIpc) is 1.88. The van der Waals surface area contributed by atoms with Gasteiger partial charge in [0.25, 0.3) is 5.84 Å². The topological polar surface area (TPSA) is 52.5 Å². The van der Waals surface area contributed by atoms with Crippen molar-refractivity contribution in [3.8, 4) is 0 Å². The molecule has 1 aliphatic heterocycles. The molecule has 0 amide bonds. The normalized spacial score (nSPS) is 19.4. The molecule has 4 nitrogen and oxygen atoms in total. The Morgan fingerprint density at radius 2 is 2.00 bits per heavy atom. The molecule has 0 radical (unpaired) electrons. The maximum atomic E-state index is 5.45. The summed E-state index contributed by atoms with van der Waals surface area (Å²) in [7, 11) is 0. The lowest BCUT2D eigenvalue weighted by Gasteiger charge is -2.21. The molecule has 0 aromatic heterocycles. The number of ether oxygens (including phenoxy) is 1. The van der Waals surface area contributed by atoms with Crippen LogP contribution in [0.4, 0.5) is 0 Å². The first-order chi connectivity index (χ1) is 4.79. The van der Waals surface area contributed by atoms with Crippen molar-refractivity contribution in [1.82, 2.24) is 5.01 Å². The number of nitrogens with one attached hydrogen (secondary N) is 1. The van der Waals surface area contributed by atoms with Crippen LogP contribution in [0.2, 0.25) is 0 Å². The molecule has 0 spiro atoms. The Balaban J connectivity index is 0.000001000. The van der Waals surface area contributed by atoms with Crippen LogP contribution < -0.4 is 23.2 Å². The van der Waals surface area contributed by atoms with Crippen LogP contribution in [-0.4, -0.2) is 37.1 Å². The molecule has 0 unspecified atom stereocenters. The van der Waals surface area contributed by atoms with E-state index >= 15 is 0 Å². The summed E-state index contributed by atoms with van der Waals surface area (Å²) in [6.45, 7) is 5.25. The van der Waals surface area contributed by atoms with E-state index in [2.05, 4.69) is 10.1 Å². The van der Waals surface area contributed by atoms with Gasteiger partial charge in [0.15, 0.2) is 0 Å². The van der Waals surface area contributed by atoms with Gasteiger partial charge < -0.3 is 17.1 Å². The van der Waals surface area contributed by atoms with Gasteiger partial charge in [0.05, 0.1) is 26.3 Å². The number of hydrazine groups is 1. The van der Waals surface area contributed by atoms with E-state index < -0.39 is 0 Å². The van der Waals surface area contributed by atoms with Gasteiger partial charge >= 0.3 is 0 Å². The summed E-state index contributed by atoms with van der Waals surface area (Å²) >= 11 is 0. The minimum Gasteiger partial charge on any atom is -1.00 e. The van der Waals surface area contributed by atoms with Gasteiger partial charge in [-0.2, -0.15) is 5.10 Å². The largest absolute Gasteiger partial charge is 1.00 e. The fourth-order valence-corrected chi connectivity index (χ4v) is 0.925. The van der Waals surface area contributed by atoms with Crippen LogP contribution in [0.15, 0.2) is 0 Å². The minimum absolute atomic E-state index is 0. The fraction of sp³-hybridized carbons (Fsp3) is 0.833. The maximum Gasteiger partial charge on any atom is 0.260 e. The summed E-state index contributed by atoms with van der Waals surface area (Å²) < 4.78 is 5.15. The fourth-order valence-electron chi connectivity index (χ4n) is 0.925. The number of hydrogen-bond acceptors (Lipinski definition) is 2. The van der Waals surface area contributed by atoms with Crippen LogP contribution in [-0.2, 0) is 4.74 Å². The first-order valence-corrected chi connectivity index (χ1v) is 3.47. The Labute approximate surface area is 72.8 Å². The van der Waals surface area contributed by atoms with E-state index in [4.69, 9.17) is 10.5 Å². The van der Waals surface area contributed by atoms with E-state index in [1.165, 1.54) is 0 Å². The molecule has 5 heteroatoms. The van der Waals surface area contributed by atoms with Crippen LogP contribution >= 0.6 is 0 Å². The summed E-state index contributed by atoms with van der Waals surface area (Å²) in [5.74, 6) is 0.738. The molecule has 0 aromatic carbocycles. The highest BCUT2D eigenvalue weighted by molar-refractivity contribution is 5.70. The Kier molecular flexibility index (Phi) is 4.98. The second kappa shape index (κ2) is 5.21. The van der Waals surface area contributed by atoms with E-state index in [0.29, 0.717) is 0 Å². The highest BCUT2D eigenvalue weighted by Gasteiger charge is 2.08. The number of halogens is 1. The maximum absolute atomic E-state index is 5.45. The van der Waals surface area contributed by atoms with Gasteiger partial charge in [-0.25, -0.2) is 5.01 Å². The molecule has 1 heterocycles. The highest BCUT2D eigenvalue weighted by atomic mass is 35.5. The monoisotopic (exact) mass is 179 g/mol. The van der Waals surface area contributed by atoms with Crippen LogP contribution in [0.25, 0.3) is 0 Å². The number of rotatable bonds is 1. The number of hydrazone groups is 1. The summed E-state index contributed by atoms with van der Waals surface area (Å²) in [4.78, 5) is 0. The molecule has 3 N–H and O–H groups in total. The Morgan fingerprint density at radius 3 is 2.45 bits per heavy atom.